The Morgan fingerprint density at radius 2 is 1.89 bits per heavy atom. The van der Waals surface area contributed by atoms with Crippen molar-refractivity contribution in [1.82, 2.24) is 0 Å². The van der Waals surface area contributed by atoms with Crippen LogP contribution in [0, 0.1) is 11.8 Å². The number of halogens is 3. The van der Waals surface area contributed by atoms with Gasteiger partial charge in [-0.25, -0.2) is 0 Å². The quantitative estimate of drug-likeness (QED) is 0.485. The van der Waals surface area contributed by atoms with Crippen molar-refractivity contribution in [3.63, 3.8) is 0 Å². The maximum Gasteiger partial charge on any atom is 0.457 e. The molecule has 0 aliphatic carbocycles. The summed E-state index contributed by atoms with van der Waals surface area (Å²) in [7, 11) is 0. The summed E-state index contributed by atoms with van der Waals surface area (Å²) in [5.74, 6) is 3.17. The van der Waals surface area contributed by atoms with E-state index >= 15 is 0 Å². The van der Waals surface area contributed by atoms with E-state index in [4.69, 9.17) is 0 Å². The summed E-state index contributed by atoms with van der Waals surface area (Å²) >= 11 is 0. The van der Waals surface area contributed by atoms with Gasteiger partial charge in [-0.1, -0.05) is 12.8 Å². The average molecular weight is 136 g/mol. The molecule has 0 saturated heterocycles. The summed E-state index contributed by atoms with van der Waals surface area (Å²) in [5.41, 5.74) is 0. The Hall–Kier alpha value is -0.650. The molecular weight excluding hydrogens is 129 g/mol. The van der Waals surface area contributed by atoms with Crippen molar-refractivity contribution in [2.24, 2.45) is 0 Å². The smallest absolute Gasteiger partial charge is 0.159 e. The highest BCUT2D eigenvalue weighted by Gasteiger charge is 2.22. The molecule has 0 spiro atoms. The minimum Gasteiger partial charge on any atom is -0.159 e. The number of unbranched alkanes of at least 4 members (excludes halogenated alkanes) is 1. The standard InChI is InChI=1S/C6H7F3/c1-2-3-4-5-6(7,8)9/h2-3H2,1H3. The first-order valence-electron chi connectivity index (χ1n) is 2.63. The summed E-state index contributed by atoms with van der Waals surface area (Å²) in [5, 5.41) is 0. The SMILES string of the molecule is CCCC#CC(F)(F)F. The highest BCUT2D eigenvalue weighted by molar-refractivity contribution is 5.04. The van der Waals surface area contributed by atoms with Gasteiger partial charge in [-0.05, 0) is 6.42 Å². The van der Waals surface area contributed by atoms with Crippen molar-refractivity contribution in [1.29, 1.82) is 0 Å². The minimum atomic E-state index is -4.31. The third kappa shape index (κ3) is 7.35. The van der Waals surface area contributed by atoms with E-state index in [0.717, 1.165) is 0 Å². The van der Waals surface area contributed by atoms with Crippen LogP contribution in [0.5, 0.6) is 0 Å². The predicted octanol–water partition coefficient (Wildman–Crippen LogP) is 2.35. The number of rotatable bonds is 1. The van der Waals surface area contributed by atoms with Gasteiger partial charge >= 0.3 is 6.18 Å². The molecule has 0 nitrogen and oxygen atoms in total. The third-order valence-corrected chi connectivity index (χ3v) is 0.605. The van der Waals surface area contributed by atoms with Gasteiger partial charge in [0.05, 0.1) is 0 Å². The second kappa shape index (κ2) is 3.39. The fourth-order valence-electron chi connectivity index (χ4n) is 0.288. The van der Waals surface area contributed by atoms with Crippen molar-refractivity contribution in [3.05, 3.63) is 0 Å². The van der Waals surface area contributed by atoms with E-state index in [2.05, 4.69) is 0 Å². The predicted molar refractivity (Wildman–Crippen MR) is 28.7 cm³/mol. The van der Waals surface area contributed by atoms with Crippen LogP contribution in [-0.4, -0.2) is 6.18 Å². The van der Waals surface area contributed by atoms with E-state index < -0.39 is 6.18 Å². The summed E-state index contributed by atoms with van der Waals surface area (Å²) in [6.45, 7) is 1.78. The topological polar surface area (TPSA) is 0 Å². The number of hydrogen-bond donors (Lipinski definition) is 0. The fourth-order valence-corrected chi connectivity index (χ4v) is 0.288. The van der Waals surface area contributed by atoms with Crippen LogP contribution < -0.4 is 0 Å². The Labute approximate surface area is 52.1 Å². The number of alkyl halides is 3. The first-order valence-corrected chi connectivity index (χ1v) is 2.63. The Bertz CT molecular complexity index is 123. The van der Waals surface area contributed by atoms with Crippen LogP contribution in [0.1, 0.15) is 19.8 Å². The third-order valence-electron chi connectivity index (χ3n) is 0.605. The first-order chi connectivity index (χ1) is 4.06. The lowest BCUT2D eigenvalue weighted by atomic mass is 10.3. The zero-order valence-corrected chi connectivity index (χ0v) is 5.05. The molecule has 0 unspecified atom stereocenters. The van der Waals surface area contributed by atoms with Gasteiger partial charge in [-0.3, -0.25) is 0 Å². The first kappa shape index (κ1) is 8.35. The van der Waals surface area contributed by atoms with Gasteiger partial charge in [0, 0.05) is 12.3 Å². The molecule has 0 fully saturated rings. The van der Waals surface area contributed by atoms with Crippen molar-refractivity contribution in [3.8, 4) is 11.8 Å². The molecule has 0 aromatic carbocycles. The van der Waals surface area contributed by atoms with Crippen LogP contribution in [0.3, 0.4) is 0 Å². The molecule has 0 aromatic rings. The molecule has 0 radical (unpaired) electrons. The largest absolute Gasteiger partial charge is 0.457 e. The van der Waals surface area contributed by atoms with Gasteiger partial charge in [0.2, 0.25) is 0 Å². The Morgan fingerprint density at radius 1 is 1.33 bits per heavy atom. The van der Waals surface area contributed by atoms with Crippen molar-refractivity contribution in [2.75, 3.05) is 0 Å². The van der Waals surface area contributed by atoms with Crippen LogP contribution >= 0.6 is 0 Å². The van der Waals surface area contributed by atoms with E-state index in [1.54, 1.807) is 6.92 Å². The molecule has 0 saturated carbocycles. The Balaban J connectivity index is 3.59. The second-order valence-corrected chi connectivity index (χ2v) is 1.55. The summed E-state index contributed by atoms with van der Waals surface area (Å²) in [6.07, 6.45) is -3.32. The molecule has 3 heteroatoms. The summed E-state index contributed by atoms with van der Waals surface area (Å²) in [4.78, 5) is 0. The molecule has 0 atom stereocenters. The molecule has 0 bridgehead atoms. The maximum atomic E-state index is 11.2. The van der Waals surface area contributed by atoms with Gasteiger partial charge in [0.15, 0.2) is 0 Å². The fraction of sp³-hybridized carbons (Fsp3) is 0.667. The molecule has 0 aliphatic heterocycles. The highest BCUT2D eigenvalue weighted by Crippen LogP contribution is 2.11. The van der Waals surface area contributed by atoms with Crippen molar-refractivity contribution in [2.45, 2.75) is 25.9 Å². The summed E-state index contributed by atoms with van der Waals surface area (Å²) < 4.78 is 33.6. The summed E-state index contributed by atoms with van der Waals surface area (Å²) in [6, 6.07) is 0. The van der Waals surface area contributed by atoms with Gasteiger partial charge in [-0.2, -0.15) is 13.2 Å². The monoisotopic (exact) mass is 136 g/mol. The molecule has 52 valence electrons. The van der Waals surface area contributed by atoms with E-state index in [0.29, 0.717) is 12.8 Å². The van der Waals surface area contributed by atoms with Crippen molar-refractivity contribution < 1.29 is 13.2 Å². The lowest BCUT2D eigenvalue weighted by Crippen LogP contribution is -2.01. The highest BCUT2D eigenvalue weighted by atomic mass is 19.4. The lowest BCUT2D eigenvalue weighted by molar-refractivity contribution is -0.0697. The molecule has 0 amide bonds. The van der Waals surface area contributed by atoms with Crippen LogP contribution in [0.15, 0.2) is 0 Å². The Kier molecular flexibility index (Phi) is 3.15. The van der Waals surface area contributed by atoms with Gasteiger partial charge < -0.3 is 0 Å². The van der Waals surface area contributed by atoms with E-state index in [1.165, 1.54) is 5.92 Å². The van der Waals surface area contributed by atoms with E-state index in [-0.39, 0.29) is 0 Å². The zero-order valence-electron chi connectivity index (χ0n) is 5.05. The van der Waals surface area contributed by atoms with Gasteiger partial charge in [0.25, 0.3) is 0 Å². The van der Waals surface area contributed by atoms with Crippen LogP contribution in [-0.2, 0) is 0 Å². The molecule has 0 aromatic heterocycles. The van der Waals surface area contributed by atoms with Gasteiger partial charge in [-0.15, -0.1) is 0 Å². The second-order valence-electron chi connectivity index (χ2n) is 1.55. The minimum absolute atomic E-state index is 0.319. The molecule has 0 rings (SSSR count). The molecule has 0 N–H and O–H groups in total. The molecule has 0 aliphatic rings. The molecular formula is C6H7F3. The van der Waals surface area contributed by atoms with E-state index in [1.807, 2.05) is 5.92 Å². The van der Waals surface area contributed by atoms with Crippen LogP contribution in [0.2, 0.25) is 0 Å². The average Bonchev–Trinajstić information content (AvgIpc) is 1.63. The van der Waals surface area contributed by atoms with E-state index in [9.17, 15) is 13.2 Å². The number of hydrogen-bond acceptors (Lipinski definition) is 0. The van der Waals surface area contributed by atoms with Crippen LogP contribution in [0.25, 0.3) is 0 Å². The zero-order chi connectivity index (χ0) is 7.33. The normalized spacial score (nSPS) is 10.2. The van der Waals surface area contributed by atoms with Crippen LogP contribution in [0.4, 0.5) is 13.2 Å². The molecule has 9 heavy (non-hydrogen) atoms. The van der Waals surface area contributed by atoms with Crippen molar-refractivity contribution >= 4 is 0 Å². The van der Waals surface area contributed by atoms with Gasteiger partial charge in [0.1, 0.15) is 0 Å². The molecule has 0 heterocycles. The Morgan fingerprint density at radius 3 is 2.22 bits per heavy atom. The maximum absolute atomic E-state index is 11.2. The lowest BCUT2D eigenvalue weighted by Gasteiger charge is -1.90.